The van der Waals surface area contributed by atoms with E-state index in [2.05, 4.69) is 15.1 Å². The molecule has 118 valence electrons. The fourth-order valence-corrected chi connectivity index (χ4v) is 1.84. The van der Waals surface area contributed by atoms with Crippen LogP contribution in [-0.4, -0.2) is 47.1 Å². The summed E-state index contributed by atoms with van der Waals surface area (Å²) in [4.78, 5) is 24.3. The van der Waals surface area contributed by atoms with Crippen molar-refractivity contribution in [3.63, 3.8) is 0 Å². The van der Waals surface area contributed by atoms with Crippen LogP contribution in [-0.2, 0) is 6.54 Å². The summed E-state index contributed by atoms with van der Waals surface area (Å²) in [6.45, 7) is 4.25. The highest BCUT2D eigenvalue weighted by Crippen LogP contribution is 2.13. The van der Waals surface area contributed by atoms with Crippen molar-refractivity contribution in [2.75, 3.05) is 26.0 Å². The molecule has 1 amide bonds. The summed E-state index contributed by atoms with van der Waals surface area (Å²) in [6.07, 6.45) is 1.57. The van der Waals surface area contributed by atoms with E-state index in [0.717, 1.165) is 5.82 Å². The largest absolute Gasteiger partial charge is 0.363 e. The average molecular weight is 303 g/mol. The first-order valence-electron chi connectivity index (χ1n) is 7.09. The van der Waals surface area contributed by atoms with Gasteiger partial charge in [0.05, 0.1) is 12.1 Å². The van der Waals surface area contributed by atoms with E-state index in [1.54, 1.807) is 19.3 Å². The molecule has 7 heteroatoms. The van der Waals surface area contributed by atoms with Gasteiger partial charge in [0.15, 0.2) is 5.82 Å². The normalized spacial score (nSPS) is 10.8. The molecule has 0 aromatic carbocycles. The topological polar surface area (TPSA) is 75.4 Å². The Morgan fingerprint density at radius 1 is 1.27 bits per heavy atom. The van der Waals surface area contributed by atoms with E-state index in [0.29, 0.717) is 17.3 Å². The summed E-state index contributed by atoms with van der Waals surface area (Å²) in [7, 11) is 5.50. The minimum Gasteiger partial charge on any atom is -0.363 e. The summed E-state index contributed by atoms with van der Waals surface area (Å²) in [5.74, 6) is 1.94. The van der Waals surface area contributed by atoms with Crippen LogP contribution in [0.25, 0.3) is 0 Å². The van der Waals surface area contributed by atoms with Gasteiger partial charge < -0.3 is 14.3 Å². The highest BCUT2D eigenvalue weighted by atomic mass is 16.5. The van der Waals surface area contributed by atoms with E-state index >= 15 is 0 Å². The molecule has 0 saturated carbocycles. The van der Waals surface area contributed by atoms with Crippen LogP contribution in [0, 0.1) is 0 Å². The number of pyridine rings is 1. The summed E-state index contributed by atoms with van der Waals surface area (Å²) in [6, 6.07) is 3.57. The van der Waals surface area contributed by atoms with Crippen molar-refractivity contribution < 1.29 is 9.32 Å². The Kier molecular flexibility index (Phi) is 4.75. The van der Waals surface area contributed by atoms with E-state index in [1.807, 2.05) is 38.9 Å². The van der Waals surface area contributed by atoms with Crippen LogP contribution in [0.3, 0.4) is 0 Å². The standard InChI is InChI=1S/C15H21N5O2/c1-10(2)14-17-13(22-18-14)9-20(5)15(21)11-6-7-12(16-8-11)19(3)4/h6-8,10H,9H2,1-5H3. The smallest absolute Gasteiger partial charge is 0.255 e. The molecular weight excluding hydrogens is 282 g/mol. The number of hydrogen-bond donors (Lipinski definition) is 0. The predicted molar refractivity (Wildman–Crippen MR) is 82.7 cm³/mol. The van der Waals surface area contributed by atoms with Gasteiger partial charge in [0, 0.05) is 33.3 Å². The molecule has 0 atom stereocenters. The van der Waals surface area contributed by atoms with Crippen LogP contribution in [0.15, 0.2) is 22.9 Å². The average Bonchev–Trinajstić information content (AvgIpc) is 2.95. The van der Waals surface area contributed by atoms with Crippen LogP contribution < -0.4 is 4.90 Å². The lowest BCUT2D eigenvalue weighted by Crippen LogP contribution is -2.26. The lowest BCUT2D eigenvalue weighted by atomic mass is 10.2. The molecule has 7 nitrogen and oxygen atoms in total. The number of aromatic nitrogens is 3. The predicted octanol–water partition coefficient (Wildman–Crippen LogP) is 1.93. The Labute approximate surface area is 129 Å². The van der Waals surface area contributed by atoms with E-state index < -0.39 is 0 Å². The molecule has 22 heavy (non-hydrogen) atoms. The molecule has 0 bridgehead atoms. The van der Waals surface area contributed by atoms with Crippen molar-refractivity contribution in [2.24, 2.45) is 0 Å². The summed E-state index contributed by atoms with van der Waals surface area (Å²) in [5.41, 5.74) is 0.525. The van der Waals surface area contributed by atoms with Crippen molar-refractivity contribution in [1.82, 2.24) is 20.0 Å². The Hall–Kier alpha value is -2.44. The second kappa shape index (κ2) is 6.55. The third kappa shape index (κ3) is 3.60. The fraction of sp³-hybridized carbons (Fsp3) is 0.467. The fourth-order valence-electron chi connectivity index (χ4n) is 1.84. The molecule has 0 aliphatic carbocycles. The highest BCUT2D eigenvalue weighted by Gasteiger charge is 2.17. The molecule has 0 fully saturated rings. The molecule has 0 unspecified atom stereocenters. The van der Waals surface area contributed by atoms with Gasteiger partial charge in [-0.3, -0.25) is 4.79 Å². The van der Waals surface area contributed by atoms with Gasteiger partial charge in [-0.2, -0.15) is 4.98 Å². The summed E-state index contributed by atoms with van der Waals surface area (Å²) in [5, 5.41) is 3.89. The Balaban J connectivity index is 2.04. The summed E-state index contributed by atoms with van der Waals surface area (Å²) >= 11 is 0. The zero-order valence-corrected chi connectivity index (χ0v) is 13.6. The van der Waals surface area contributed by atoms with Crippen LogP contribution in [0.4, 0.5) is 5.82 Å². The molecule has 0 spiro atoms. The molecule has 2 heterocycles. The number of carbonyl (C=O) groups is 1. The van der Waals surface area contributed by atoms with Crippen LogP contribution in [0.1, 0.15) is 41.8 Å². The van der Waals surface area contributed by atoms with Crippen LogP contribution in [0.2, 0.25) is 0 Å². The Morgan fingerprint density at radius 3 is 2.50 bits per heavy atom. The van der Waals surface area contributed by atoms with Gasteiger partial charge in [-0.25, -0.2) is 4.98 Å². The zero-order chi connectivity index (χ0) is 16.3. The number of carbonyl (C=O) groups excluding carboxylic acids is 1. The van der Waals surface area contributed by atoms with Crippen molar-refractivity contribution in [1.29, 1.82) is 0 Å². The van der Waals surface area contributed by atoms with Gasteiger partial charge in [0.25, 0.3) is 5.91 Å². The molecule has 0 N–H and O–H groups in total. The molecular formula is C15H21N5O2. The number of nitrogens with zero attached hydrogens (tertiary/aromatic N) is 5. The maximum atomic E-state index is 12.4. The van der Waals surface area contributed by atoms with Gasteiger partial charge in [0.2, 0.25) is 5.89 Å². The third-order valence-electron chi connectivity index (χ3n) is 3.17. The SMILES string of the molecule is CC(C)c1noc(CN(C)C(=O)c2ccc(N(C)C)nc2)n1. The number of amides is 1. The van der Waals surface area contributed by atoms with Gasteiger partial charge in [-0.15, -0.1) is 0 Å². The first-order chi connectivity index (χ1) is 10.4. The van der Waals surface area contributed by atoms with Crippen molar-refractivity contribution in [3.8, 4) is 0 Å². The highest BCUT2D eigenvalue weighted by molar-refractivity contribution is 5.93. The van der Waals surface area contributed by atoms with Crippen LogP contribution >= 0.6 is 0 Å². The maximum Gasteiger partial charge on any atom is 0.255 e. The first kappa shape index (κ1) is 15.9. The van der Waals surface area contributed by atoms with Gasteiger partial charge in [0.1, 0.15) is 5.82 Å². The Morgan fingerprint density at radius 2 is 2.00 bits per heavy atom. The van der Waals surface area contributed by atoms with E-state index in [4.69, 9.17) is 4.52 Å². The molecule has 0 saturated heterocycles. The second-order valence-corrected chi connectivity index (χ2v) is 5.66. The summed E-state index contributed by atoms with van der Waals surface area (Å²) < 4.78 is 5.16. The number of hydrogen-bond acceptors (Lipinski definition) is 6. The molecule has 0 radical (unpaired) electrons. The second-order valence-electron chi connectivity index (χ2n) is 5.66. The quantitative estimate of drug-likeness (QED) is 0.840. The molecule has 2 rings (SSSR count). The monoisotopic (exact) mass is 303 g/mol. The van der Waals surface area contributed by atoms with Gasteiger partial charge in [-0.1, -0.05) is 19.0 Å². The lowest BCUT2D eigenvalue weighted by Gasteiger charge is -2.16. The molecule has 2 aromatic heterocycles. The third-order valence-corrected chi connectivity index (χ3v) is 3.17. The van der Waals surface area contributed by atoms with Gasteiger partial charge >= 0.3 is 0 Å². The Bertz CT molecular complexity index is 634. The van der Waals surface area contributed by atoms with E-state index in [1.165, 1.54) is 4.90 Å². The molecule has 2 aromatic rings. The van der Waals surface area contributed by atoms with E-state index in [9.17, 15) is 4.79 Å². The molecule has 0 aliphatic heterocycles. The number of anilines is 1. The lowest BCUT2D eigenvalue weighted by molar-refractivity contribution is 0.0769. The number of rotatable bonds is 5. The first-order valence-corrected chi connectivity index (χ1v) is 7.09. The molecule has 0 aliphatic rings. The van der Waals surface area contributed by atoms with Crippen molar-refractivity contribution in [2.45, 2.75) is 26.3 Å². The van der Waals surface area contributed by atoms with Gasteiger partial charge in [-0.05, 0) is 12.1 Å². The van der Waals surface area contributed by atoms with E-state index in [-0.39, 0.29) is 18.4 Å². The minimum atomic E-state index is -0.137. The minimum absolute atomic E-state index is 0.137. The van der Waals surface area contributed by atoms with Crippen LogP contribution in [0.5, 0.6) is 0 Å². The van der Waals surface area contributed by atoms with Crippen molar-refractivity contribution in [3.05, 3.63) is 35.6 Å². The van der Waals surface area contributed by atoms with Crippen molar-refractivity contribution >= 4 is 11.7 Å². The maximum absolute atomic E-state index is 12.4. The zero-order valence-electron chi connectivity index (χ0n) is 13.6.